The number of rotatable bonds is 15. The highest BCUT2D eigenvalue weighted by atomic mass is 32.2. The fourth-order valence-corrected chi connectivity index (χ4v) is 5.35. The molecule has 3 N–H and O–H groups in total. The predicted molar refractivity (Wildman–Crippen MR) is 146 cm³/mol. The van der Waals surface area contributed by atoms with E-state index in [2.05, 4.69) is 38.8 Å². The molecule has 0 fully saturated rings. The van der Waals surface area contributed by atoms with Gasteiger partial charge in [0.25, 0.3) is 16.1 Å². The molecule has 1 aromatic heterocycles. The number of ether oxygens (including phenoxy) is 1. The molecule has 0 bridgehead atoms. The van der Waals surface area contributed by atoms with Crippen LogP contribution in [0.15, 0.2) is 79.0 Å². The summed E-state index contributed by atoms with van der Waals surface area (Å²) >= 11 is 0. The molecule has 198 valence electrons. The molecule has 0 unspecified atom stereocenters. The number of nitrogens with zero attached hydrogens (tertiary/aromatic N) is 1. The van der Waals surface area contributed by atoms with E-state index in [0.29, 0.717) is 36.4 Å². The fraction of sp³-hybridized carbons (Fsp3) is 0.357. The van der Waals surface area contributed by atoms with Gasteiger partial charge in [0.05, 0.1) is 24.9 Å². The Hall–Kier alpha value is -3.27. The van der Waals surface area contributed by atoms with Crippen LogP contribution in [-0.4, -0.2) is 39.5 Å². The molecule has 0 aliphatic rings. The van der Waals surface area contributed by atoms with E-state index in [1.54, 1.807) is 37.6 Å². The van der Waals surface area contributed by atoms with Crippen molar-refractivity contribution in [3.63, 3.8) is 0 Å². The molecule has 3 aromatic rings. The number of pyridine rings is 1. The van der Waals surface area contributed by atoms with E-state index in [9.17, 15) is 13.2 Å². The van der Waals surface area contributed by atoms with Crippen molar-refractivity contribution in [2.24, 2.45) is 0 Å². The second kappa shape index (κ2) is 13.9. The van der Waals surface area contributed by atoms with Crippen molar-refractivity contribution in [1.29, 1.82) is 0 Å². The molecule has 3 rings (SSSR count). The summed E-state index contributed by atoms with van der Waals surface area (Å²) in [6, 6.07) is 22.6. The molecule has 0 saturated carbocycles. The maximum atomic E-state index is 13.1. The van der Waals surface area contributed by atoms with Gasteiger partial charge < -0.3 is 10.1 Å². The number of amides is 1. The van der Waals surface area contributed by atoms with Gasteiger partial charge in [-0.1, -0.05) is 61.9 Å². The van der Waals surface area contributed by atoms with Crippen LogP contribution in [0.4, 0.5) is 0 Å². The summed E-state index contributed by atoms with van der Waals surface area (Å²) in [7, 11) is -2.12. The van der Waals surface area contributed by atoms with Gasteiger partial charge in [-0.3, -0.25) is 9.78 Å². The highest BCUT2D eigenvalue weighted by Crippen LogP contribution is 2.34. The molecule has 8 nitrogen and oxygen atoms in total. The van der Waals surface area contributed by atoms with Crippen LogP contribution < -0.4 is 19.5 Å². The number of carbonyl (C=O) groups is 1. The van der Waals surface area contributed by atoms with E-state index < -0.39 is 10.2 Å². The summed E-state index contributed by atoms with van der Waals surface area (Å²) in [5.74, 6) is 0.321. The molecular formula is C28H36N4O4S. The van der Waals surface area contributed by atoms with E-state index in [0.717, 1.165) is 18.4 Å². The molecule has 1 atom stereocenters. The molecule has 2 aromatic carbocycles. The Balaban J connectivity index is 1.66. The van der Waals surface area contributed by atoms with Crippen LogP contribution in [0, 0.1) is 0 Å². The topological polar surface area (TPSA) is 109 Å². The summed E-state index contributed by atoms with van der Waals surface area (Å²) in [5.41, 5.74) is 1.90. The summed E-state index contributed by atoms with van der Waals surface area (Å²) in [4.78, 5) is 17.2. The van der Waals surface area contributed by atoms with Crippen LogP contribution in [0.25, 0.3) is 0 Å². The number of aromatic nitrogens is 1. The number of para-hydroxylation sites is 1. The first kappa shape index (κ1) is 28.3. The maximum absolute atomic E-state index is 13.1. The van der Waals surface area contributed by atoms with Crippen molar-refractivity contribution in [1.82, 2.24) is 19.7 Å². The Bertz CT molecular complexity index is 1220. The summed E-state index contributed by atoms with van der Waals surface area (Å²) < 4.78 is 35.4. The lowest BCUT2D eigenvalue weighted by molar-refractivity contribution is 0.0936. The third-order valence-corrected chi connectivity index (χ3v) is 7.46. The van der Waals surface area contributed by atoms with Gasteiger partial charge in [0.2, 0.25) is 0 Å². The van der Waals surface area contributed by atoms with Gasteiger partial charge in [0, 0.05) is 24.7 Å². The van der Waals surface area contributed by atoms with E-state index in [-0.39, 0.29) is 24.4 Å². The van der Waals surface area contributed by atoms with Gasteiger partial charge in [-0.25, -0.2) is 4.72 Å². The average molecular weight is 525 g/mol. The van der Waals surface area contributed by atoms with E-state index in [4.69, 9.17) is 4.74 Å². The molecular weight excluding hydrogens is 488 g/mol. The van der Waals surface area contributed by atoms with Gasteiger partial charge in [-0.2, -0.15) is 13.1 Å². The van der Waals surface area contributed by atoms with Crippen LogP contribution in [0.2, 0.25) is 0 Å². The lowest BCUT2D eigenvalue weighted by atomic mass is 9.73. The van der Waals surface area contributed by atoms with Crippen LogP contribution >= 0.6 is 0 Å². The van der Waals surface area contributed by atoms with Gasteiger partial charge >= 0.3 is 0 Å². The summed E-state index contributed by atoms with van der Waals surface area (Å²) in [6.45, 7) is 2.93. The molecule has 0 aliphatic heterocycles. The van der Waals surface area contributed by atoms with Gasteiger partial charge in [0.1, 0.15) is 5.75 Å². The molecule has 0 spiro atoms. The zero-order chi connectivity index (χ0) is 26.6. The normalized spacial score (nSPS) is 13.0. The first-order chi connectivity index (χ1) is 17.9. The molecule has 0 saturated heterocycles. The fourth-order valence-electron chi connectivity index (χ4n) is 4.50. The lowest BCUT2D eigenvalue weighted by Gasteiger charge is -2.35. The molecule has 1 heterocycles. The first-order valence-corrected chi connectivity index (χ1v) is 14.0. The molecule has 1 amide bonds. The summed E-state index contributed by atoms with van der Waals surface area (Å²) in [6.07, 6.45) is 4.68. The third-order valence-electron chi connectivity index (χ3n) is 6.35. The second-order valence-electron chi connectivity index (χ2n) is 8.92. The van der Waals surface area contributed by atoms with Crippen molar-refractivity contribution in [2.75, 3.05) is 20.2 Å². The molecule has 0 radical (unpaired) electrons. The van der Waals surface area contributed by atoms with Gasteiger partial charge in [0.15, 0.2) is 0 Å². The van der Waals surface area contributed by atoms with E-state index >= 15 is 0 Å². The smallest absolute Gasteiger partial charge is 0.277 e. The molecule has 0 aliphatic carbocycles. The van der Waals surface area contributed by atoms with Crippen LogP contribution in [-0.2, 0) is 22.2 Å². The zero-order valence-electron chi connectivity index (χ0n) is 21.4. The number of nitrogens with one attached hydrogen (secondary N) is 3. The Morgan fingerprint density at radius 2 is 1.68 bits per heavy atom. The standard InChI is InChI=1S/C28H36N4O4S/c1-3-17-28(23-12-5-4-6-13-23,22-30-27(33)25-15-7-8-16-26(25)36-2)18-11-20-31-37(34,35)32-21-24-14-9-10-19-29-24/h4-10,12-16,19,31-32H,3,11,17-18,20-22H2,1-2H3,(H,30,33)/t28-/m0/s1. The van der Waals surface area contributed by atoms with Gasteiger partial charge in [-0.15, -0.1) is 0 Å². The quantitative estimate of drug-likeness (QED) is 0.261. The first-order valence-electron chi connectivity index (χ1n) is 12.5. The van der Waals surface area contributed by atoms with Crippen LogP contribution in [0.1, 0.15) is 54.2 Å². The minimum absolute atomic E-state index is 0.120. The number of hydrogen-bond donors (Lipinski definition) is 3. The maximum Gasteiger partial charge on any atom is 0.277 e. The Kier molecular flexibility index (Phi) is 10.6. The lowest BCUT2D eigenvalue weighted by Crippen LogP contribution is -2.42. The van der Waals surface area contributed by atoms with Crippen molar-refractivity contribution in [3.8, 4) is 5.75 Å². The molecule has 9 heteroatoms. The third kappa shape index (κ3) is 8.38. The Morgan fingerprint density at radius 1 is 0.946 bits per heavy atom. The van der Waals surface area contributed by atoms with Crippen LogP contribution in [0.5, 0.6) is 5.75 Å². The molecule has 37 heavy (non-hydrogen) atoms. The minimum Gasteiger partial charge on any atom is -0.496 e. The number of benzene rings is 2. The Labute approximate surface area is 220 Å². The number of methoxy groups -OCH3 is 1. The minimum atomic E-state index is -3.67. The van der Waals surface area contributed by atoms with Crippen LogP contribution in [0.3, 0.4) is 0 Å². The SMILES string of the molecule is CCC[C@](CCCNS(=O)(=O)NCc1ccccn1)(CNC(=O)c1ccccc1OC)c1ccccc1. The number of hydrogen-bond acceptors (Lipinski definition) is 5. The Morgan fingerprint density at radius 3 is 2.38 bits per heavy atom. The van der Waals surface area contributed by atoms with Gasteiger partial charge in [-0.05, 0) is 49.1 Å². The van der Waals surface area contributed by atoms with E-state index in [1.165, 1.54) is 0 Å². The number of carbonyl (C=O) groups excluding carboxylic acids is 1. The van der Waals surface area contributed by atoms with Crippen molar-refractivity contribution in [2.45, 2.75) is 44.6 Å². The largest absolute Gasteiger partial charge is 0.496 e. The second-order valence-corrected chi connectivity index (χ2v) is 10.5. The monoisotopic (exact) mass is 524 g/mol. The summed E-state index contributed by atoms with van der Waals surface area (Å²) in [5, 5.41) is 3.12. The van der Waals surface area contributed by atoms with Crippen molar-refractivity contribution >= 4 is 16.1 Å². The highest BCUT2D eigenvalue weighted by Gasteiger charge is 2.32. The van der Waals surface area contributed by atoms with E-state index in [1.807, 2.05) is 36.4 Å². The zero-order valence-corrected chi connectivity index (χ0v) is 22.3. The highest BCUT2D eigenvalue weighted by molar-refractivity contribution is 7.87. The average Bonchev–Trinajstić information content (AvgIpc) is 2.94. The van der Waals surface area contributed by atoms with Crippen molar-refractivity contribution < 1.29 is 17.9 Å². The van der Waals surface area contributed by atoms with Crippen molar-refractivity contribution in [3.05, 3.63) is 95.8 Å². The predicted octanol–water partition coefficient (Wildman–Crippen LogP) is 3.96.